The van der Waals surface area contributed by atoms with Crippen LogP contribution in [0, 0.1) is 11.6 Å². The third-order valence-corrected chi connectivity index (χ3v) is 5.27. The van der Waals surface area contributed by atoms with Gasteiger partial charge in [0.15, 0.2) is 0 Å². The van der Waals surface area contributed by atoms with Gasteiger partial charge >= 0.3 is 0 Å². The summed E-state index contributed by atoms with van der Waals surface area (Å²) in [5.41, 5.74) is 0. The van der Waals surface area contributed by atoms with Crippen LogP contribution in [0.25, 0.3) is 0 Å². The summed E-state index contributed by atoms with van der Waals surface area (Å²) in [7, 11) is -4.09. The Morgan fingerprint density at radius 3 is 2.68 bits per heavy atom. The highest BCUT2D eigenvalue weighted by Crippen LogP contribution is 2.26. The summed E-state index contributed by atoms with van der Waals surface area (Å²) in [6.07, 6.45) is 1.53. The van der Waals surface area contributed by atoms with E-state index in [1.165, 1.54) is 17.5 Å². The monoisotopic (exact) mass is 368 g/mol. The number of thiazole rings is 1. The summed E-state index contributed by atoms with van der Waals surface area (Å²) < 4.78 is 52.4. The number of nitrogens with zero attached hydrogens (tertiary/aromatic N) is 1. The molecule has 0 saturated heterocycles. The van der Waals surface area contributed by atoms with Crippen molar-refractivity contribution in [2.45, 2.75) is 11.4 Å². The van der Waals surface area contributed by atoms with Crippen molar-refractivity contribution in [2.75, 3.05) is 0 Å². The van der Waals surface area contributed by atoms with Crippen molar-refractivity contribution in [3.8, 4) is 0 Å². The standard InChI is InChI=1S/C10H7BrF2N2O2S2/c11-7-3-6(12)4-8(13)10(7)19(16,17)15-5-9-14-1-2-18-9/h1-4,15H,5H2. The molecular formula is C10H7BrF2N2O2S2. The van der Waals surface area contributed by atoms with Crippen molar-refractivity contribution in [1.82, 2.24) is 9.71 Å². The Morgan fingerprint density at radius 1 is 1.37 bits per heavy atom. The molecule has 1 N–H and O–H groups in total. The summed E-state index contributed by atoms with van der Waals surface area (Å²) in [4.78, 5) is 3.28. The van der Waals surface area contributed by atoms with E-state index in [1.807, 2.05) is 0 Å². The highest BCUT2D eigenvalue weighted by Gasteiger charge is 2.23. The fourth-order valence-corrected chi connectivity index (χ4v) is 4.15. The van der Waals surface area contributed by atoms with Gasteiger partial charge in [-0.2, -0.15) is 0 Å². The molecule has 9 heteroatoms. The Hall–Kier alpha value is -0.900. The lowest BCUT2D eigenvalue weighted by atomic mass is 10.3. The van der Waals surface area contributed by atoms with Crippen LogP contribution in [0.4, 0.5) is 8.78 Å². The normalized spacial score (nSPS) is 11.7. The molecule has 0 spiro atoms. The van der Waals surface area contributed by atoms with E-state index in [0.717, 1.165) is 6.07 Å². The highest BCUT2D eigenvalue weighted by atomic mass is 79.9. The highest BCUT2D eigenvalue weighted by molar-refractivity contribution is 9.10. The number of nitrogens with one attached hydrogen (secondary N) is 1. The van der Waals surface area contributed by atoms with Gasteiger partial charge in [-0.25, -0.2) is 26.9 Å². The Labute approximate surface area is 120 Å². The Kier molecular flexibility index (Phi) is 4.29. The van der Waals surface area contributed by atoms with Gasteiger partial charge in [-0.1, -0.05) is 0 Å². The second-order valence-corrected chi connectivity index (χ2v) is 6.99. The maximum absolute atomic E-state index is 13.6. The van der Waals surface area contributed by atoms with Crippen LogP contribution in [-0.4, -0.2) is 13.4 Å². The Morgan fingerprint density at radius 2 is 2.11 bits per heavy atom. The van der Waals surface area contributed by atoms with Gasteiger partial charge in [0, 0.05) is 22.1 Å². The average molecular weight is 369 g/mol. The molecule has 102 valence electrons. The summed E-state index contributed by atoms with van der Waals surface area (Å²) in [5, 5.41) is 2.24. The fourth-order valence-electron chi connectivity index (χ4n) is 1.35. The van der Waals surface area contributed by atoms with Crippen molar-refractivity contribution in [3.05, 3.63) is 44.8 Å². The van der Waals surface area contributed by atoms with Crippen LogP contribution < -0.4 is 4.72 Å². The zero-order valence-corrected chi connectivity index (χ0v) is 12.4. The van der Waals surface area contributed by atoms with Crippen LogP contribution >= 0.6 is 27.3 Å². The molecule has 0 fully saturated rings. The molecule has 0 radical (unpaired) electrons. The average Bonchev–Trinajstić information content (AvgIpc) is 2.77. The van der Waals surface area contributed by atoms with Gasteiger partial charge in [-0.05, 0) is 22.0 Å². The molecule has 0 atom stereocenters. The van der Waals surface area contributed by atoms with Gasteiger partial charge in [-0.15, -0.1) is 11.3 Å². The van der Waals surface area contributed by atoms with Gasteiger partial charge in [0.05, 0.1) is 6.54 Å². The van der Waals surface area contributed by atoms with E-state index >= 15 is 0 Å². The summed E-state index contributed by atoms with van der Waals surface area (Å²) in [6.45, 7) is -0.0523. The maximum atomic E-state index is 13.6. The number of aromatic nitrogens is 1. The second-order valence-electron chi connectivity index (χ2n) is 3.45. The zero-order chi connectivity index (χ0) is 14.0. The number of halogens is 3. The molecule has 0 aliphatic carbocycles. The topological polar surface area (TPSA) is 59.1 Å². The quantitative estimate of drug-likeness (QED) is 0.902. The van der Waals surface area contributed by atoms with Crippen LogP contribution in [-0.2, 0) is 16.6 Å². The molecule has 2 aromatic rings. The fraction of sp³-hybridized carbons (Fsp3) is 0.100. The van der Waals surface area contributed by atoms with Crippen LogP contribution in [0.3, 0.4) is 0 Å². The molecule has 0 aliphatic rings. The molecule has 2 rings (SSSR count). The van der Waals surface area contributed by atoms with E-state index in [0.29, 0.717) is 11.1 Å². The van der Waals surface area contributed by atoms with E-state index in [9.17, 15) is 17.2 Å². The van der Waals surface area contributed by atoms with Crippen molar-refractivity contribution in [3.63, 3.8) is 0 Å². The summed E-state index contributed by atoms with van der Waals surface area (Å²) in [5.74, 6) is -2.01. The van der Waals surface area contributed by atoms with Gasteiger partial charge in [0.1, 0.15) is 21.5 Å². The first-order chi connectivity index (χ1) is 8.90. The minimum absolute atomic E-state index is 0.0523. The van der Waals surface area contributed by atoms with Gasteiger partial charge in [0.25, 0.3) is 0 Å². The summed E-state index contributed by atoms with van der Waals surface area (Å²) >= 11 is 4.11. The van der Waals surface area contributed by atoms with Crippen LogP contribution in [0.15, 0.2) is 33.1 Å². The lowest BCUT2D eigenvalue weighted by Gasteiger charge is -2.08. The van der Waals surface area contributed by atoms with Gasteiger partial charge < -0.3 is 0 Å². The SMILES string of the molecule is O=S(=O)(NCc1nccs1)c1c(F)cc(F)cc1Br. The number of rotatable bonds is 4. The predicted molar refractivity (Wildman–Crippen MR) is 70.2 cm³/mol. The minimum atomic E-state index is -4.09. The lowest BCUT2D eigenvalue weighted by molar-refractivity contribution is 0.540. The first kappa shape index (κ1) is 14.5. The molecule has 0 unspecified atom stereocenters. The molecule has 0 aliphatic heterocycles. The van der Waals surface area contributed by atoms with E-state index in [2.05, 4.69) is 25.6 Å². The molecule has 1 heterocycles. The smallest absolute Gasteiger partial charge is 0.245 e. The Balaban J connectivity index is 2.29. The zero-order valence-electron chi connectivity index (χ0n) is 9.23. The molecule has 0 amide bonds. The van der Waals surface area contributed by atoms with E-state index in [4.69, 9.17) is 0 Å². The predicted octanol–water partition coefficient (Wildman–Crippen LogP) is 2.66. The van der Waals surface area contributed by atoms with Crippen molar-refractivity contribution < 1.29 is 17.2 Å². The molecule has 4 nitrogen and oxygen atoms in total. The number of benzene rings is 1. The van der Waals surface area contributed by atoms with Crippen LogP contribution in [0.1, 0.15) is 5.01 Å². The first-order valence-corrected chi connectivity index (χ1v) is 8.08. The number of hydrogen-bond acceptors (Lipinski definition) is 4. The first-order valence-electron chi connectivity index (χ1n) is 4.93. The molecule has 0 saturated carbocycles. The Bertz CT molecular complexity index is 667. The summed E-state index contributed by atoms with van der Waals surface area (Å²) in [6, 6.07) is 1.41. The number of hydrogen-bond donors (Lipinski definition) is 1. The number of sulfonamides is 1. The van der Waals surface area contributed by atoms with Crippen LogP contribution in [0.5, 0.6) is 0 Å². The molecule has 19 heavy (non-hydrogen) atoms. The largest absolute Gasteiger partial charge is 0.248 e. The maximum Gasteiger partial charge on any atom is 0.245 e. The molecular weight excluding hydrogens is 362 g/mol. The lowest BCUT2D eigenvalue weighted by Crippen LogP contribution is -2.24. The molecule has 1 aromatic carbocycles. The van der Waals surface area contributed by atoms with E-state index in [1.54, 1.807) is 5.38 Å². The third kappa shape index (κ3) is 3.35. The van der Waals surface area contributed by atoms with Gasteiger partial charge in [-0.3, -0.25) is 0 Å². The van der Waals surface area contributed by atoms with Crippen molar-refractivity contribution in [2.24, 2.45) is 0 Å². The van der Waals surface area contributed by atoms with E-state index in [-0.39, 0.29) is 11.0 Å². The van der Waals surface area contributed by atoms with Gasteiger partial charge in [0.2, 0.25) is 10.0 Å². The van der Waals surface area contributed by atoms with E-state index < -0.39 is 26.6 Å². The van der Waals surface area contributed by atoms with Crippen molar-refractivity contribution >= 4 is 37.3 Å². The van der Waals surface area contributed by atoms with Crippen molar-refractivity contribution in [1.29, 1.82) is 0 Å². The molecule has 0 bridgehead atoms. The second kappa shape index (κ2) is 5.61. The third-order valence-electron chi connectivity index (χ3n) is 2.13. The molecule has 1 aromatic heterocycles. The van der Waals surface area contributed by atoms with Crippen LogP contribution in [0.2, 0.25) is 0 Å². The minimum Gasteiger partial charge on any atom is -0.248 e.